The molecule has 134 valence electrons. The van der Waals surface area contributed by atoms with Crippen LogP contribution in [0.1, 0.15) is 34.0 Å². The molecule has 1 atom stereocenters. The molecule has 3 aromatic rings. The van der Waals surface area contributed by atoms with Gasteiger partial charge in [0.25, 0.3) is 5.91 Å². The summed E-state index contributed by atoms with van der Waals surface area (Å²) < 4.78 is 6.71. The molecule has 26 heavy (non-hydrogen) atoms. The summed E-state index contributed by atoms with van der Waals surface area (Å²) in [4.78, 5) is 34.2. The molecule has 6 nitrogen and oxygen atoms in total. The largest absolute Gasteiger partial charge is 0.377 e. The number of carbonyl (C=O) groups is 1. The van der Waals surface area contributed by atoms with E-state index in [1.807, 2.05) is 31.2 Å². The van der Waals surface area contributed by atoms with Gasteiger partial charge in [0.15, 0.2) is 0 Å². The Balaban J connectivity index is 1.70. The molecule has 1 unspecified atom stereocenters. The molecule has 1 aliphatic rings. The highest BCUT2D eigenvalue weighted by Gasteiger charge is 2.32. The van der Waals surface area contributed by atoms with Gasteiger partial charge in [0.2, 0.25) is 5.56 Å². The molecule has 2 aromatic heterocycles. The van der Waals surface area contributed by atoms with Gasteiger partial charge in [0.1, 0.15) is 11.0 Å². The average Bonchev–Trinajstić information content (AvgIpc) is 3.11. The number of morpholine rings is 1. The maximum absolute atomic E-state index is 13.1. The van der Waals surface area contributed by atoms with E-state index in [-0.39, 0.29) is 17.5 Å². The first-order valence-electron chi connectivity index (χ1n) is 8.63. The molecule has 3 heterocycles. The lowest BCUT2D eigenvalue weighted by molar-refractivity contribution is -0.00271. The number of nitrogens with one attached hydrogen (secondary N) is 1. The zero-order valence-corrected chi connectivity index (χ0v) is 15.2. The molecule has 1 amide bonds. The molecule has 0 aliphatic carbocycles. The SMILES string of the molecule is CCc1cc(C(=O)N2CCOCC2c2nc3ccccc3s2)cc(=O)[nH]1. The van der Waals surface area contributed by atoms with Gasteiger partial charge in [-0.1, -0.05) is 19.1 Å². The molecule has 0 spiro atoms. The second-order valence-electron chi connectivity index (χ2n) is 6.22. The highest BCUT2D eigenvalue weighted by Crippen LogP contribution is 2.32. The Morgan fingerprint density at radius 3 is 3.04 bits per heavy atom. The lowest BCUT2D eigenvalue weighted by Gasteiger charge is -2.34. The van der Waals surface area contributed by atoms with Crippen molar-refractivity contribution in [2.24, 2.45) is 0 Å². The second kappa shape index (κ2) is 7.01. The highest BCUT2D eigenvalue weighted by atomic mass is 32.1. The first kappa shape index (κ1) is 16.9. The maximum Gasteiger partial charge on any atom is 0.254 e. The van der Waals surface area contributed by atoms with Gasteiger partial charge in [0, 0.05) is 23.9 Å². The van der Waals surface area contributed by atoms with Gasteiger partial charge in [-0.05, 0) is 24.6 Å². The zero-order chi connectivity index (χ0) is 18.1. The predicted octanol–water partition coefficient (Wildman–Crippen LogP) is 2.76. The van der Waals surface area contributed by atoms with E-state index in [1.54, 1.807) is 22.3 Å². The molecule has 0 bridgehead atoms. The number of nitrogens with zero attached hydrogens (tertiary/aromatic N) is 2. The first-order valence-corrected chi connectivity index (χ1v) is 9.45. The van der Waals surface area contributed by atoms with Gasteiger partial charge in [-0.2, -0.15) is 0 Å². The van der Waals surface area contributed by atoms with Gasteiger partial charge < -0.3 is 14.6 Å². The van der Waals surface area contributed by atoms with Crippen LogP contribution in [0.4, 0.5) is 0 Å². The van der Waals surface area contributed by atoms with Crippen LogP contribution in [-0.4, -0.2) is 40.5 Å². The van der Waals surface area contributed by atoms with Crippen LogP contribution in [-0.2, 0) is 11.2 Å². The number of hydrogen-bond donors (Lipinski definition) is 1. The van der Waals surface area contributed by atoms with Crippen molar-refractivity contribution >= 4 is 27.5 Å². The minimum Gasteiger partial charge on any atom is -0.377 e. The van der Waals surface area contributed by atoms with E-state index in [1.165, 1.54) is 6.07 Å². The number of thiazole rings is 1. The van der Waals surface area contributed by atoms with Crippen molar-refractivity contribution < 1.29 is 9.53 Å². The lowest BCUT2D eigenvalue weighted by atomic mass is 10.1. The van der Waals surface area contributed by atoms with Crippen molar-refractivity contribution in [2.75, 3.05) is 19.8 Å². The minimum absolute atomic E-state index is 0.154. The number of para-hydroxylation sites is 1. The summed E-state index contributed by atoms with van der Waals surface area (Å²) in [6.07, 6.45) is 0.667. The number of benzene rings is 1. The summed E-state index contributed by atoms with van der Waals surface area (Å²) in [6, 6.07) is 10.8. The fraction of sp³-hybridized carbons (Fsp3) is 0.316. The fourth-order valence-electron chi connectivity index (χ4n) is 3.16. The zero-order valence-electron chi connectivity index (χ0n) is 14.4. The Morgan fingerprint density at radius 2 is 2.23 bits per heavy atom. The van der Waals surface area contributed by atoms with Crippen LogP contribution in [0, 0.1) is 0 Å². The molecule has 7 heteroatoms. The summed E-state index contributed by atoms with van der Waals surface area (Å²) in [5.41, 5.74) is 1.84. The molecule has 0 radical (unpaired) electrons. The van der Waals surface area contributed by atoms with Gasteiger partial charge >= 0.3 is 0 Å². The number of carbonyl (C=O) groups excluding carboxylic acids is 1. The number of aromatic amines is 1. The van der Waals surface area contributed by atoms with Crippen LogP contribution in [0.25, 0.3) is 10.2 Å². The van der Waals surface area contributed by atoms with E-state index in [2.05, 4.69) is 4.98 Å². The van der Waals surface area contributed by atoms with E-state index < -0.39 is 0 Å². The van der Waals surface area contributed by atoms with Crippen molar-refractivity contribution in [3.8, 4) is 0 Å². The summed E-state index contributed by atoms with van der Waals surface area (Å²) >= 11 is 1.58. The van der Waals surface area contributed by atoms with Gasteiger partial charge in [-0.25, -0.2) is 4.98 Å². The summed E-state index contributed by atoms with van der Waals surface area (Å²) in [7, 11) is 0. The van der Waals surface area contributed by atoms with Gasteiger partial charge in [-0.3, -0.25) is 9.59 Å². The molecule has 1 N–H and O–H groups in total. The lowest BCUT2D eigenvalue weighted by Crippen LogP contribution is -2.43. The number of aromatic nitrogens is 2. The number of fused-ring (bicyclic) bond motifs is 1. The van der Waals surface area contributed by atoms with Crippen molar-refractivity contribution in [3.05, 3.63) is 63.0 Å². The second-order valence-corrected chi connectivity index (χ2v) is 7.28. The predicted molar refractivity (Wildman–Crippen MR) is 101 cm³/mol. The van der Waals surface area contributed by atoms with E-state index in [0.29, 0.717) is 31.7 Å². The molecule has 4 rings (SSSR count). The van der Waals surface area contributed by atoms with Crippen LogP contribution in [0.15, 0.2) is 41.2 Å². The monoisotopic (exact) mass is 369 g/mol. The van der Waals surface area contributed by atoms with Crippen molar-refractivity contribution in [3.63, 3.8) is 0 Å². The highest BCUT2D eigenvalue weighted by molar-refractivity contribution is 7.18. The number of H-pyrrole nitrogens is 1. The van der Waals surface area contributed by atoms with Crippen LogP contribution in [0.5, 0.6) is 0 Å². The minimum atomic E-state index is -0.252. The molecule has 0 saturated carbocycles. The third-order valence-electron chi connectivity index (χ3n) is 4.51. The summed E-state index contributed by atoms with van der Waals surface area (Å²) in [5, 5.41) is 0.861. The van der Waals surface area contributed by atoms with Crippen molar-refractivity contribution in [1.82, 2.24) is 14.9 Å². The molecule has 1 saturated heterocycles. The summed E-state index contributed by atoms with van der Waals surface area (Å²) in [5.74, 6) is -0.154. The molecule has 1 aromatic carbocycles. The van der Waals surface area contributed by atoms with E-state index in [0.717, 1.165) is 20.9 Å². The van der Waals surface area contributed by atoms with Crippen LogP contribution in [0.2, 0.25) is 0 Å². The van der Waals surface area contributed by atoms with Crippen LogP contribution < -0.4 is 5.56 Å². The Labute approximate surface area is 154 Å². The maximum atomic E-state index is 13.1. The van der Waals surface area contributed by atoms with Crippen molar-refractivity contribution in [2.45, 2.75) is 19.4 Å². The standard InChI is InChI=1S/C19H19N3O3S/c1-2-13-9-12(10-17(23)20-13)19(24)22-7-8-25-11-15(22)18-21-14-5-3-4-6-16(14)26-18/h3-6,9-10,15H,2,7-8,11H2,1H3,(H,20,23). The normalized spacial score (nSPS) is 17.6. The van der Waals surface area contributed by atoms with Crippen LogP contribution >= 0.6 is 11.3 Å². The Kier molecular flexibility index (Phi) is 4.57. The third-order valence-corrected chi connectivity index (χ3v) is 5.65. The number of aryl methyl sites for hydroxylation is 1. The number of hydrogen-bond acceptors (Lipinski definition) is 5. The van der Waals surface area contributed by atoms with Crippen LogP contribution in [0.3, 0.4) is 0 Å². The Bertz CT molecular complexity index is 977. The van der Waals surface area contributed by atoms with Gasteiger partial charge in [-0.15, -0.1) is 11.3 Å². The summed E-state index contributed by atoms with van der Waals surface area (Å²) in [6.45, 7) is 3.32. The molecular weight excluding hydrogens is 350 g/mol. The fourth-order valence-corrected chi connectivity index (χ4v) is 4.23. The Morgan fingerprint density at radius 1 is 1.38 bits per heavy atom. The van der Waals surface area contributed by atoms with E-state index in [4.69, 9.17) is 9.72 Å². The molecule has 1 fully saturated rings. The number of ether oxygens (including phenoxy) is 1. The topological polar surface area (TPSA) is 75.3 Å². The number of rotatable bonds is 3. The molecule has 1 aliphatic heterocycles. The first-order chi connectivity index (χ1) is 12.7. The molecular formula is C19H19N3O3S. The third kappa shape index (κ3) is 3.15. The Hall–Kier alpha value is -2.51. The van der Waals surface area contributed by atoms with Crippen molar-refractivity contribution in [1.29, 1.82) is 0 Å². The van der Waals surface area contributed by atoms with E-state index in [9.17, 15) is 9.59 Å². The number of pyridine rings is 1. The average molecular weight is 369 g/mol. The van der Waals surface area contributed by atoms with E-state index >= 15 is 0 Å². The quantitative estimate of drug-likeness (QED) is 0.770. The number of amides is 1. The van der Waals surface area contributed by atoms with Gasteiger partial charge in [0.05, 0.1) is 23.4 Å². The smallest absolute Gasteiger partial charge is 0.254 e.